The van der Waals surface area contributed by atoms with Crippen LogP contribution in [0.4, 0.5) is 5.69 Å². The lowest BCUT2D eigenvalue weighted by atomic mass is 10.3. The fourth-order valence-corrected chi connectivity index (χ4v) is 2.39. The van der Waals surface area contributed by atoms with Crippen LogP contribution < -0.4 is 10.1 Å². The van der Waals surface area contributed by atoms with Crippen LogP contribution in [-0.2, 0) is 11.3 Å². The standard InChI is InChI=1S/C17H16N4O4/c22-17(11-25-14-5-3-4-13(10-14)21(23)24)18-8-9-20-12-19-15-6-1-2-7-16(15)20/h1-7,10,12H,8-9,11H2,(H,18,22). The molecule has 0 saturated carbocycles. The summed E-state index contributed by atoms with van der Waals surface area (Å²) in [5, 5.41) is 13.4. The highest BCUT2D eigenvalue weighted by atomic mass is 16.6. The summed E-state index contributed by atoms with van der Waals surface area (Å²) in [7, 11) is 0. The van der Waals surface area contributed by atoms with Crippen LogP contribution in [0.1, 0.15) is 0 Å². The summed E-state index contributed by atoms with van der Waals surface area (Å²) in [6.45, 7) is 0.812. The van der Waals surface area contributed by atoms with Gasteiger partial charge in [-0.1, -0.05) is 18.2 Å². The van der Waals surface area contributed by atoms with E-state index in [0.29, 0.717) is 13.1 Å². The molecule has 0 radical (unpaired) electrons. The molecule has 0 aliphatic rings. The van der Waals surface area contributed by atoms with E-state index in [1.54, 1.807) is 12.4 Å². The van der Waals surface area contributed by atoms with Crippen molar-refractivity contribution in [3.63, 3.8) is 0 Å². The number of amides is 1. The van der Waals surface area contributed by atoms with Gasteiger partial charge in [0.05, 0.1) is 28.4 Å². The SMILES string of the molecule is O=C(COc1cccc([N+](=O)[O-])c1)NCCn1cnc2ccccc21. The molecular weight excluding hydrogens is 324 g/mol. The molecule has 3 aromatic rings. The minimum Gasteiger partial charge on any atom is -0.484 e. The van der Waals surface area contributed by atoms with E-state index in [-0.39, 0.29) is 24.0 Å². The number of rotatable bonds is 7. The zero-order valence-corrected chi connectivity index (χ0v) is 13.3. The van der Waals surface area contributed by atoms with E-state index in [1.165, 1.54) is 18.2 Å². The molecule has 0 saturated heterocycles. The lowest BCUT2D eigenvalue weighted by Gasteiger charge is -2.08. The molecule has 0 aliphatic carbocycles. The van der Waals surface area contributed by atoms with Gasteiger partial charge in [0.15, 0.2) is 6.61 Å². The van der Waals surface area contributed by atoms with Gasteiger partial charge in [-0.2, -0.15) is 0 Å². The maximum atomic E-state index is 11.8. The number of fused-ring (bicyclic) bond motifs is 1. The number of ether oxygens (including phenoxy) is 1. The third kappa shape index (κ3) is 4.11. The number of nitrogens with zero attached hydrogens (tertiary/aromatic N) is 3. The van der Waals surface area contributed by atoms with E-state index in [9.17, 15) is 14.9 Å². The van der Waals surface area contributed by atoms with Crippen LogP contribution in [0.25, 0.3) is 11.0 Å². The maximum absolute atomic E-state index is 11.8. The van der Waals surface area contributed by atoms with Crippen molar-refractivity contribution in [1.29, 1.82) is 0 Å². The summed E-state index contributed by atoms with van der Waals surface area (Å²) in [4.78, 5) is 26.3. The zero-order chi connectivity index (χ0) is 17.6. The van der Waals surface area contributed by atoms with Gasteiger partial charge in [-0.3, -0.25) is 14.9 Å². The molecule has 1 aromatic heterocycles. The molecule has 0 spiro atoms. The Labute approximate surface area is 143 Å². The number of imidazole rings is 1. The Hall–Kier alpha value is -3.42. The highest BCUT2D eigenvalue weighted by Crippen LogP contribution is 2.18. The van der Waals surface area contributed by atoms with Crippen LogP contribution in [0.3, 0.4) is 0 Å². The van der Waals surface area contributed by atoms with Crippen molar-refractivity contribution in [2.24, 2.45) is 0 Å². The van der Waals surface area contributed by atoms with E-state index < -0.39 is 4.92 Å². The molecule has 8 nitrogen and oxygen atoms in total. The molecule has 1 amide bonds. The summed E-state index contributed by atoms with van der Waals surface area (Å²) < 4.78 is 7.24. The predicted molar refractivity (Wildman–Crippen MR) is 91.3 cm³/mol. The Morgan fingerprint density at radius 3 is 2.92 bits per heavy atom. The van der Waals surface area contributed by atoms with Gasteiger partial charge in [-0.15, -0.1) is 0 Å². The minimum absolute atomic E-state index is 0.0788. The van der Waals surface area contributed by atoms with Crippen molar-refractivity contribution in [1.82, 2.24) is 14.9 Å². The van der Waals surface area contributed by atoms with Gasteiger partial charge in [-0.25, -0.2) is 4.98 Å². The van der Waals surface area contributed by atoms with Gasteiger partial charge in [0.25, 0.3) is 11.6 Å². The number of nitrogens with one attached hydrogen (secondary N) is 1. The number of carbonyl (C=O) groups excluding carboxylic acids is 1. The number of carbonyl (C=O) groups is 1. The number of non-ortho nitro benzene ring substituents is 1. The van der Waals surface area contributed by atoms with Gasteiger partial charge >= 0.3 is 0 Å². The lowest BCUT2D eigenvalue weighted by Crippen LogP contribution is -2.31. The van der Waals surface area contributed by atoms with Crippen molar-refractivity contribution in [2.45, 2.75) is 6.54 Å². The van der Waals surface area contributed by atoms with Gasteiger partial charge in [0, 0.05) is 19.2 Å². The molecule has 1 N–H and O–H groups in total. The second-order valence-electron chi connectivity index (χ2n) is 5.32. The third-order valence-electron chi connectivity index (χ3n) is 3.60. The number of nitro benzene ring substituents is 1. The van der Waals surface area contributed by atoms with Gasteiger partial charge < -0.3 is 14.6 Å². The molecule has 128 valence electrons. The Bertz CT molecular complexity index is 906. The number of nitro groups is 1. The van der Waals surface area contributed by atoms with Gasteiger partial charge in [0.1, 0.15) is 5.75 Å². The van der Waals surface area contributed by atoms with Crippen LogP contribution in [0.5, 0.6) is 5.75 Å². The first-order valence-electron chi connectivity index (χ1n) is 7.67. The van der Waals surface area contributed by atoms with E-state index in [0.717, 1.165) is 11.0 Å². The van der Waals surface area contributed by atoms with Crippen molar-refractivity contribution in [3.8, 4) is 5.75 Å². The molecule has 25 heavy (non-hydrogen) atoms. The minimum atomic E-state index is -0.512. The first kappa shape index (κ1) is 16.4. The van der Waals surface area contributed by atoms with Gasteiger partial charge in [-0.05, 0) is 18.2 Å². The molecule has 0 bridgehead atoms. The van der Waals surface area contributed by atoms with Crippen LogP contribution in [0, 0.1) is 10.1 Å². The molecule has 3 rings (SSSR count). The molecule has 0 atom stereocenters. The predicted octanol–water partition coefficient (Wildman–Crippen LogP) is 2.14. The molecule has 0 aliphatic heterocycles. The number of hydrogen-bond donors (Lipinski definition) is 1. The fourth-order valence-electron chi connectivity index (χ4n) is 2.39. The van der Waals surface area contributed by atoms with Crippen LogP contribution >= 0.6 is 0 Å². The smallest absolute Gasteiger partial charge is 0.273 e. The lowest BCUT2D eigenvalue weighted by molar-refractivity contribution is -0.384. The normalized spacial score (nSPS) is 10.6. The summed E-state index contributed by atoms with van der Waals surface area (Å²) in [6, 6.07) is 13.5. The molecule has 8 heteroatoms. The average molecular weight is 340 g/mol. The van der Waals surface area contributed by atoms with Crippen molar-refractivity contribution in [2.75, 3.05) is 13.2 Å². The van der Waals surface area contributed by atoms with Crippen LogP contribution in [0.2, 0.25) is 0 Å². The first-order valence-corrected chi connectivity index (χ1v) is 7.67. The Morgan fingerprint density at radius 2 is 2.08 bits per heavy atom. The van der Waals surface area contributed by atoms with Crippen LogP contribution in [0.15, 0.2) is 54.9 Å². The van der Waals surface area contributed by atoms with Crippen molar-refractivity contribution < 1.29 is 14.5 Å². The highest BCUT2D eigenvalue weighted by molar-refractivity contribution is 5.77. The topological polar surface area (TPSA) is 99.3 Å². The van der Waals surface area contributed by atoms with E-state index >= 15 is 0 Å². The Balaban J connectivity index is 1.47. The second-order valence-corrected chi connectivity index (χ2v) is 5.32. The number of aromatic nitrogens is 2. The monoisotopic (exact) mass is 340 g/mol. The average Bonchev–Trinajstić information content (AvgIpc) is 3.03. The van der Waals surface area contributed by atoms with Crippen LogP contribution in [-0.4, -0.2) is 33.5 Å². The molecule has 2 aromatic carbocycles. The van der Waals surface area contributed by atoms with E-state index in [4.69, 9.17) is 4.74 Å². The van der Waals surface area contributed by atoms with E-state index in [1.807, 2.05) is 28.8 Å². The molecule has 0 fully saturated rings. The van der Waals surface area contributed by atoms with Gasteiger partial charge in [0.2, 0.25) is 0 Å². The summed E-state index contributed by atoms with van der Waals surface area (Å²) >= 11 is 0. The Morgan fingerprint density at radius 1 is 1.24 bits per heavy atom. The fraction of sp³-hybridized carbons (Fsp3) is 0.176. The molecular formula is C17H16N4O4. The second kappa shape index (κ2) is 7.43. The number of para-hydroxylation sites is 2. The Kier molecular flexibility index (Phi) is 4.89. The third-order valence-corrected chi connectivity index (χ3v) is 3.60. The van der Waals surface area contributed by atoms with Crippen molar-refractivity contribution >= 4 is 22.6 Å². The first-order chi connectivity index (χ1) is 12.1. The molecule has 1 heterocycles. The summed E-state index contributed by atoms with van der Waals surface area (Å²) in [5.41, 5.74) is 1.83. The quantitative estimate of drug-likeness (QED) is 0.525. The number of hydrogen-bond acceptors (Lipinski definition) is 5. The number of benzene rings is 2. The summed E-state index contributed by atoms with van der Waals surface area (Å²) in [6.07, 6.45) is 1.73. The summed E-state index contributed by atoms with van der Waals surface area (Å²) in [5.74, 6) is -0.0131. The zero-order valence-electron chi connectivity index (χ0n) is 13.3. The largest absolute Gasteiger partial charge is 0.484 e. The van der Waals surface area contributed by atoms with E-state index in [2.05, 4.69) is 10.3 Å². The van der Waals surface area contributed by atoms with Crippen molar-refractivity contribution in [3.05, 3.63) is 65.0 Å². The maximum Gasteiger partial charge on any atom is 0.273 e. The molecule has 0 unspecified atom stereocenters. The highest BCUT2D eigenvalue weighted by Gasteiger charge is 2.08.